The van der Waals surface area contributed by atoms with Gasteiger partial charge in [0.1, 0.15) is 0 Å². The van der Waals surface area contributed by atoms with Crippen LogP contribution >= 0.6 is 0 Å². The molecule has 1 aliphatic carbocycles. The van der Waals surface area contributed by atoms with Crippen molar-refractivity contribution in [1.29, 1.82) is 0 Å². The Hall–Kier alpha value is -2.04. The number of hydrogen-bond acceptors (Lipinski definition) is 3. The fraction of sp³-hybridized carbons (Fsp3) is 0.500. The topological polar surface area (TPSA) is 84.2 Å². The molecule has 21 heavy (non-hydrogen) atoms. The molecular formula is C16H23N3O2. The van der Waals surface area contributed by atoms with Crippen molar-refractivity contribution in [3.8, 4) is 0 Å². The van der Waals surface area contributed by atoms with Gasteiger partial charge >= 0.3 is 0 Å². The Bertz CT molecular complexity index is 547. The zero-order valence-electron chi connectivity index (χ0n) is 13.0. The highest BCUT2D eigenvalue weighted by molar-refractivity contribution is 5.96. The molecule has 0 bridgehead atoms. The molecule has 114 valence electrons. The Morgan fingerprint density at radius 2 is 1.62 bits per heavy atom. The van der Waals surface area contributed by atoms with E-state index in [9.17, 15) is 9.59 Å². The maximum atomic E-state index is 11.9. The van der Waals surface area contributed by atoms with E-state index in [2.05, 4.69) is 38.3 Å². The Labute approximate surface area is 125 Å². The summed E-state index contributed by atoms with van der Waals surface area (Å²) < 4.78 is 0. The Kier molecular flexibility index (Phi) is 3.70. The van der Waals surface area contributed by atoms with Gasteiger partial charge in [0, 0.05) is 17.3 Å². The molecule has 1 aromatic carbocycles. The van der Waals surface area contributed by atoms with Crippen LogP contribution in [0.4, 0.5) is 5.69 Å². The van der Waals surface area contributed by atoms with Gasteiger partial charge in [-0.1, -0.05) is 27.7 Å². The van der Waals surface area contributed by atoms with Crippen LogP contribution in [0.15, 0.2) is 24.3 Å². The number of rotatable bonds is 4. The van der Waals surface area contributed by atoms with Crippen LogP contribution in [0.5, 0.6) is 0 Å². The molecule has 0 aliphatic heterocycles. The fourth-order valence-electron chi connectivity index (χ4n) is 2.67. The summed E-state index contributed by atoms with van der Waals surface area (Å²) in [5.74, 6) is -0.443. The van der Waals surface area contributed by atoms with Gasteiger partial charge in [0.2, 0.25) is 5.91 Å². The summed E-state index contributed by atoms with van der Waals surface area (Å²) in [4.78, 5) is 23.8. The maximum absolute atomic E-state index is 11.9. The summed E-state index contributed by atoms with van der Waals surface area (Å²) in [5, 5.41) is 5.59. The van der Waals surface area contributed by atoms with Gasteiger partial charge in [-0.05, 0) is 35.1 Å². The van der Waals surface area contributed by atoms with Crippen molar-refractivity contribution in [2.45, 2.75) is 33.7 Å². The first-order chi connectivity index (χ1) is 9.66. The van der Waals surface area contributed by atoms with Crippen LogP contribution in [0.1, 0.15) is 38.1 Å². The van der Waals surface area contributed by atoms with E-state index in [1.807, 2.05) is 0 Å². The van der Waals surface area contributed by atoms with Gasteiger partial charge in [-0.3, -0.25) is 9.59 Å². The van der Waals surface area contributed by atoms with Crippen LogP contribution in [0, 0.1) is 10.8 Å². The van der Waals surface area contributed by atoms with Crippen molar-refractivity contribution in [3.63, 3.8) is 0 Å². The van der Waals surface area contributed by atoms with Crippen molar-refractivity contribution < 1.29 is 9.59 Å². The summed E-state index contributed by atoms with van der Waals surface area (Å²) in [5.41, 5.74) is 6.83. The smallest absolute Gasteiger partial charge is 0.251 e. The highest BCUT2D eigenvalue weighted by atomic mass is 16.2. The lowest BCUT2D eigenvalue weighted by Gasteiger charge is -2.08. The van der Waals surface area contributed by atoms with Crippen molar-refractivity contribution in [1.82, 2.24) is 10.6 Å². The second-order valence-electron chi connectivity index (χ2n) is 6.75. The van der Waals surface area contributed by atoms with E-state index < -0.39 is 0 Å². The van der Waals surface area contributed by atoms with E-state index in [4.69, 9.17) is 5.73 Å². The average molecular weight is 289 g/mol. The third-order valence-corrected chi connectivity index (χ3v) is 4.91. The summed E-state index contributed by atoms with van der Waals surface area (Å²) in [6, 6.07) is 6.73. The first kappa shape index (κ1) is 15.4. The van der Waals surface area contributed by atoms with E-state index in [0.29, 0.717) is 11.3 Å². The molecule has 0 aromatic heterocycles. The molecule has 0 heterocycles. The lowest BCUT2D eigenvalue weighted by Crippen LogP contribution is -2.39. The zero-order valence-corrected chi connectivity index (χ0v) is 13.0. The molecule has 0 atom stereocenters. The first-order valence-electron chi connectivity index (χ1n) is 7.09. The van der Waals surface area contributed by atoms with Crippen LogP contribution in [0.3, 0.4) is 0 Å². The molecule has 4 N–H and O–H groups in total. The maximum Gasteiger partial charge on any atom is 0.251 e. The van der Waals surface area contributed by atoms with Gasteiger partial charge in [-0.15, -0.1) is 0 Å². The van der Waals surface area contributed by atoms with E-state index in [1.54, 1.807) is 24.3 Å². The van der Waals surface area contributed by atoms with Gasteiger partial charge in [0.15, 0.2) is 0 Å². The van der Waals surface area contributed by atoms with Crippen LogP contribution in [0.25, 0.3) is 0 Å². The molecule has 0 spiro atoms. The predicted octanol–water partition coefficient (Wildman–Crippen LogP) is 1.55. The lowest BCUT2D eigenvalue weighted by atomic mass is 10.0. The van der Waals surface area contributed by atoms with Crippen LogP contribution < -0.4 is 16.4 Å². The summed E-state index contributed by atoms with van der Waals surface area (Å²) >= 11 is 0. The minimum absolute atomic E-state index is 0.0220. The molecule has 5 nitrogen and oxygen atoms in total. The van der Waals surface area contributed by atoms with Crippen LogP contribution in [0.2, 0.25) is 0 Å². The molecular weight excluding hydrogens is 266 g/mol. The Morgan fingerprint density at radius 3 is 2.10 bits per heavy atom. The first-order valence-corrected chi connectivity index (χ1v) is 7.09. The molecule has 0 saturated heterocycles. The number of nitrogens with two attached hydrogens (primary N) is 1. The second kappa shape index (κ2) is 5.06. The third kappa shape index (κ3) is 2.86. The number of anilines is 1. The highest BCUT2D eigenvalue weighted by Gasteiger charge is 2.65. The largest absolute Gasteiger partial charge is 0.399 e. The normalized spacial score (nSPS) is 18.9. The highest BCUT2D eigenvalue weighted by Crippen LogP contribution is 2.62. The molecule has 1 saturated carbocycles. The minimum Gasteiger partial charge on any atom is -0.399 e. The van der Waals surface area contributed by atoms with E-state index >= 15 is 0 Å². The van der Waals surface area contributed by atoms with E-state index in [1.165, 1.54) is 0 Å². The molecule has 5 heteroatoms. The Balaban J connectivity index is 1.82. The van der Waals surface area contributed by atoms with Gasteiger partial charge in [0.05, 0.1) is 6.54 Å². The molecule has 1 fully saturated rings. The van der Waals surface area contributed by atoms with Crippen molar-refractivity contribution in [2.75, 3.05) is 12.3 Å². The van der Waals surface area contributed by atoms with E-state index in [-0.39, 0.29) is 35.2 Å². The third-order valence-electron chi connectivity index (χ3n) is 4.91. The molecule has 1 aliphatic rings. The SMILES string of the molecule is CC1(C)C(NC(=O)CNC(=O)c2ccc(N)cc2)C1(C)C. The van der Waals surface area contributed by atoms with Gasteiger partial charge < -0.3 is 16.4 Å². The molecule has 2 rings (SSSR count). The van der Waals surface area contributed by atoms with Crippen molar-refractivity contribution >= 4 is 17.5 Å². The average Bonchev–Trinajstić information content (AvgIpc) is 2.79. The molecule has 0 unspecified atom stereocenters. The second-order valence-corrected chi connectivity index (χ2v) is 6.75. The quantitative estimate of drug-likeness (QED) is 0.735. The number of nitrogens with one attached hydrogen (secondary N) is 2. The van der Waals surface area contributed by atoms with Crippen molar-refractivity contribution in [2.24, 2.45) is 10.8 Å². The van der Waals surface area contributed by atoms with Crippen molar-refractivity contribution in [3.05, 3.63) is 29.8 Å². The summed E-state index contributed by atoms with van der Waals surface area (Å²) in [6.07, 6.45) is 0. The number of amides is 2. The van der Waals surface area contributed by atoms with Gasteiger partial charge in [0.25, 0.3) is 5.91 Å². The molecule has 2 amide bonds. The number of hydrogen-bond donors (Lipinski definition) is 3. The van der Waals surface area contributed by atoms with Gasteiger partial charge in [-0.25, -0.2) is 0 Å². The van der Waals surface area contributed by atoms with Crippen LogP contribution in [-0.2, 0) is 4.79 Å². The predicted molar refractivity (Wildman–Crippen MR) is 82.7 cm³/mol. The lowest BCUT2D eigenvalue weighted by molar-refractivity contribution is -0.120. The summed E-state index contributed by atoms with van der Waals surface area (Å²) in [7, 11) is 0. The molecule has 1 aromatic rings. The zero-order chi connectivity index (χ0) is 15.8. The molecule has 0 radical (unpaired) electrons. The van der Waals surface area contributed by atoms with Gasteiger partial charge in [-0.2, -0.15) is 0 Å². The number of carbonyl (C=O) groups is 2. The fourth-order valence-corrected chi connectivity index (χ4v) is 2.67. The number of benzene rings is 1. The number of carbonyl (C=O) groups excluding carboxylic acids is 2. The van der Waals surface area contributed by atoms with E-state index in [0.717, 1.165) is 0 Å². The van der Waals surface area contributed by atoms with Crippen LogP contribution in [-0.4, -0.2) is 24.4 Å². The minimum atomic E-state index is -0.278. The Morgan fingerprint density at radius 1 is 1.10 bits per heavy atom. The monoisotopic (exact) mass is 289 g/mol. The standard InChI is InChI=1S/C16H23N3O2/c1-15(2)14(16(15,3)4)19-12(20)9-18-13(21)10-5-7-11(17)8-6-10/h5-8,14H,9,17H2,1-4H3,(H,18,21)(H,19,20). The number of nitrogen functional groups attached to an aromatic ring is 1. The summed E-state index contributed by atoms with van der Waals surface area (Å²) in [6.45, 7) is 8.50.